The first-order chi connectivity index (χ1) is 18.0. The van der Waals surface area contributed by atoms with Gasteiger partial charge in [-0.25, -0.2) is 14.8 Å². The SMILES string of the molecule is O=C1C=CC(=O)N1c1ccc(Cc2ccc(N3C(=O)CC(Sc4nc5ccccc5s4)C3=O)cc2)cc1. The Kier molecular flexibility index (Phi) is 5.94. The minimum atomic E-state index is -0.490. The summed E-state index contributed by atoms with van der Waals surface area (Å²) >= 11 is 2.87. The van der Waals surface area contributed by atoms with E-state index in [-0.39, 0.29) is 30.0 Å². The number of thioether (sulfide) groups is 1. The molecule has 1 atom stereocenters. The number of para-hydroxylation sites is 1. The summed E-state index contributed by atoms with van der Waals surface area (Å²) in [4.78, 5) is 56.5. The van der Waals surface area contributed by atoms with Crippen molar-refractivity contribution >= 4 is 68.3 Å². The van der Waals surface area contributed by atoms with Crippen LogP contribution in [0.5, 0.6) is 0 Å². The van der Waals surface area contributed by atoms with Crippen molar-refractivity contribution < 1.29 is 19.2 Å². The molecule has 182 valence electrons. The van der Waals surface area contributed by atoms with Gasteiger partial charge in [0.05, 0.1) is 21.6 Å². The molecule has 0 saturated carbocycles. The molecule has 1 saturated heterocycles. The summed E-state index contributed by atoms with van der Waals surface area (Å²) in [5.74, 6) is -1.13. The summed E-state index contributed by atoms with van der Waals surface area (Å²) in [6.07, 6.45) is 3.29. The van der Waals surface area contributed by atoms with Gasteiger partial charge in [-0.15, -0.1) is 11.3 Å². The van der Waals surface area contributed by atoms with Crippen molar-refractivity contribution in [2.45, 2.75) is 22.4 Å². The maximum absolute atomic E-state index is 13.1. The number of hydrogen-bond acceptors (Lipinski definition) is 7. The molecule has 4 aromatic rings. The maximum atomic E-state index is 13.1. The van der Waals surface area contributed by atoms with Crippen LogP contribution in [0.15, 0.2) is 89.3 Å². The number of carbonyl (C=O) groups excluding carboxylic acids is 4. The van der Waals surface area contributed by atoms with E-state index in [9.17, 15) is 19.2 Å². The van der Waals surface area contributed by atoms with Gasteiger partial charge in [0.25, 0.3) is 11.8 Å². The third kappa shape index (κ3) is 4.47. The fourth-order valence-electron chi connectivity index (χ4n) is 4.41. The number of amides is 4. The zero-order chi connectivity index (χ0) is 25.5. The molecule has 1 unspecified atom stereocenters. The molecule has 0 spiro atoms. The van der Waals surface area contributed by atoms with E-state index in [2.05, 4.69) is 4.98 Å². The molecular weight excluding hydrogens is 506 g/mol. The molecule has 4 amide bonds. The highest BCUT2D eigenvalue weighted by molar-refractivity contribution is 8.02. The van der Waals surface area contributed by atoms with Gasteiger partial charge in [0.15, 0.2) is 4.34 Å². The average Bonchev–Trinajstić information content (AvgIpc) is 3.55. The standard InChI is InChI=1S/C28H19N3O4S2/c32-24-13-14-25(33)30(24)19-9-5-17(6-10-19)15-18-7-11-20(12-8-18)31-26(34)16-23(27(31)35)37-28-29-21-3-1-2-4-22(21)36-28/h1-14,23H,15-16H2. The van der Waals surface area contributed by atoms with Crippen molar-refractivity contribution in [2.24, 2.45) is 0 Å². The Labute approximate surface area is 220 Å². The Balaban J connectivity index is 1.12. The van der Waals surface area contributed by atoms with E-state index in [1.807, 2.05) is 48.5 Å². The second-order valence-corrected chi connectivity index (χ2v) is 11.2. The first-order valence-corrected chi connectivity index (χ1v) is 13.3. The van der Waals surface area contributed by atoms with Gasteiger partial charge in [-0.3, -0.25) is 19.2 Å². The quantitative estimate of drug-likeness (QED) is 0.338. The van der Waals surface area contributed by atoms with Crippen LogP contribution in [0.1, 0.15) is 17.5 Å². The van der Waals surface area contributed by atoms with E-state index < -0.39 is 5.25 Å². The summed E-state index contributed by atoms with van der Waals surface area (Å²) in [6, 6.07) is 22.4. The van der Waals surface area contributed by atoms with Crippen LogP contribution in [0.3, 0.4) is 0 Å². The van der Waals surface area contributed by atoms with Crippen molar-refractivity contribution in [2.75, 3.05) is 9.80 Å². The molecule has 9 heteroatoms. The largest absolute Gasteiger partial charge is 0.274 e. The van der Waals surface area contributed by atoms with E-state index >= 15 is 0 Å². The number of benzene rings is 3. The molecule has 1 fully saturated rings. The van der Waals surface area contributed by atoms with E-state index in [1.165, 1.54) is 40.2 Å². The molecular formula is C28H19N3O4S2. The Morgan fingerprint density at radius 2 is 1.38 bits per heavy atom. The Morgan fingerprint density at radius 3 is 2.00 bits per heavy atom. The second-order valence-electron chi connectivity index (χ2n) is 8.68. The number of aromatic nitrogens is 1. The highest BCUT2D eigenvalue weighted by Gasteiger charge is 2.40. The zero-order valence-corrected chi connectivity index (χ0v) is 21.0. The van der Waals surface area contributed by atoms with Gasteiger partial charge >= 0.3 is 0 Å². The van der Waals surface area contributed by atoms with Gasteiger partial charge in [-0.05, 0) is 53.9 Å². The summed E-state index contributed by atoms with van der Waals surface area (Å²) in [6.45, 7) is 0. The Morgan fingerprint density at radius 1 is 0.784 bits per heavy atom. The number of imide groups is 2. The monoisotopic (exact) mass is 525 g/mol. The van der Waals surface area contributed by atoms with Crippen molar-refractivity contribution in [1.82, 2.24) is 4.98 Å². The number of rotatable bonds is 6. The average molecular weight is 526 g/mol. The van der Waals surface area contributed by atoms with Crippen LogP contribution in [-0.4, -0.2) is 33.9 Å². The van der Waals surface area contributed by atoms with E-state index in [4.69, 9.17) is 0 Å². The second kappa shape index (κ2) is 9.42. The lowest BCUT2D eigenvalue weighted by Crippen LogP contribution is -2.31. The lowest BCUT2D eigenvalue weighted by molar-refractivity contribution is -0.122. The molecule has 3 heterocycles. The van der Waals surface area contributed by atoms with Gasteiger partial charge in [0.1, 0.15) is 5.25 Å². The molecule has 37 heavy (non-hydrogen) atoms. The first-order valence-electron chi connectivity index (χ1n) is 11.6. The molecule has 6 rings (SSSR count). The van der Waals surface area contributed by atoms with Crippen LogP contribution < -0.4 is 9.80 Å². The third-order valence-electron chi connectivity index (χ3n) is 6.23. The molecule has 2 aliphatic heterocycles. The lowest BCUT2D eigenvalue weighted by Gasteiger charge is -2.16. The highest BCUT2D eigenvalue weighted by atomic mass is 32.2. The number of fused-ring (bicyclic) bond motifs is 1. The van der Waals surface area contributed by atoms with Crippen LogP contribution in [0.2, 0.25) is 0 Å². The number of nitrogens with zero attached hydrogens (tertiary/aromatic N) is 3. The molecule has 1 aromatic heterocycles. The van der Waals surface area contributed by atoms with Crippen molar-refractivity contribution in [1.29, 1.82) is 0 Å². The van der Waals surface area contributed by atoms with Crippen molar-refractivity contribution in [3.8, 4) is 0 Å². The Hall–Kier alpha value is -4.08. The van der Waals surface area contributed by atoms with Crippen LogP contribution in [0.25, 0.3) is 10.2 Å². The van der Waals surface area contributed by atoms with E-state index in [0.717, 1.165) is 30.6 Å². The minimum absolute atomic E-state index is 0.144. The van der Waals surface area contributed by atoms with Gasteiger partial charge in [0.2, 0.25) is 11.8 Å². The van der Waals surface area contributed by atoms with Crippen molar-refractivity contribution in [3.05, 3.63) is 96.1 Å². The molecule has 0 N–H and O–H groups in total. The molecule has 7 nitrogen and oxygen atoms in total. The fourth-order valence-corrected chi connectivity index (χ4v) is 6.74. The molecule has 0 bridgehead atoms. The summed E-state index contributed by atoms with van der Waals surface area (Å²) in [5.41, 5.74) is 3.99. The van der Waals surface area contributed by atoms with Gasteiger partial charge < -0.3 is 0 Å². The van der Waals surface area contributed by atoms with E-state index in [1.54, 1.807) is 24.3 Å². The van der Waals surface area contributed by atoms with Crippen LogP contribution in [-0.2, 0) is 25.6 Å². The highest BCUT2D eigenvalue weighted by Crippen LogP contribution is 2.37. The summed E-state index contributed by atoms with van der Waals surface area (Å²) in [5, 5.41) is -0.490. The normalized spacial score (nSPS) is 17.6. The maximum Gasteiger partial charge on any atom is 0.258 e. The number of thiazole rings is 1. The fraction of sp³-hybridized carbons (Fsp3) is 0.107. The van der Waals surface area contributed by atoms with E-state index in [0.29, 0.717) is 17.8 Å². The Bertz CT molecular complexity index is 1540. The van der Waals surface area contributed by atoms with Gasteiger partial charge in [-0.1, -0.05) is 48.2 Å². The summed E-state index contributed by atoms with van der Waals surface area (Å²) < 4.78 is 1.84. The van der Waals surface area contributed by atoms with Gasteiger partial charge in [-0.2, -0.15) is 0 Å². The third-order valence-corrected chi connectivity index (χ3v) is 8.54. The number of carbonyl (C=O) groups is 4. The minimum Gasteiger partial charge on any atom is -0.274 e. The number of anilines is 2. The predicted octanol–water partition coefficient (Wildman–Crippen LogP) is 4.74. The first kappa shape index (κ1) is 23.3. The summed E-state index contributed by atoms with van der Waals surface area (Å²) in [7, 11) is 0. The molecule has 3 aromatic carbocycles. The lowest BCUT2D eigenvalue weighted by atomic mass is 10.0. The topological polar surface area (TPSA) is 87.7 Å². The molecule has 0 radical (unpaired) electrons. The van der Waals surface area contributed by atoms with Gasteiger partial charge in [0, 0.05) is 18.6 Å². The van der Waals surface area contributed by atoms with Crippen molar-refractivity contribution in [3.63, 3.8) is 0 Å². The molecule has 0 aliphatic carbocycles. The van der Waals surface area contributed by atoms with Crippen LogP contribution >= 0.6 is 23.1 Å². The predicted molar refractivity (Wildman–Crippen MR) is 144 cm³/mol. The smallest absolute Gasteiger partial charge is 0.258 e. The van der Waals surface area contributed by atoms with Crippen LogP contribution in [0, 0.1) is 0 Å². The molecule has 2 aliphatic rings. The van der Waals surface area contributed by atoms with Crippen LogP contribution in [0.4, 0.5) is 11.4 Å². The number of hydrogen-bond donors (Lipinski definition) is 0. The zero-order valence-electron chi connectivity index (χ0n) is 19.4.